The van der Waals surface area contributed by atoms with Gasteiger partial charge in [-0.2, -0.15) is 0 Å². The van der Waals surface area contributed by atoms with Crippen molar-refractivity contribution >= 4 is 43.5 Å². The van der Waals surface area contributed by atoms with Crippen LogP contribution in [0.15, 0.2) is 22.7 Å². The van der Waals surface area contributed by atoms with Crippen molar-refractivity contribution in [1.29, 1.82) is 0 Å². The highest BCUT2D eigenvalue weighted by Gasteiger charge is 2.56. The zero-order valence-electron chi connectivity index (χ0n) is 9.96. The summed E-state index contributed by atoms with van der Waals surface area (Å²) in [6, 6.07) is 5.83. The summed E-state index contributed by atoms with van der Waals surface area (Å²) in [7, 11) is 0. The average molecular weight is 395 g/mol. The van der Waals surface area contributed by atoms with Gasteiger partial charge in [0.25, 0.3) is 0 Å². The van der Waals surface area contributed by atoms with Gasteiger partial charge in [-0.05, 0) is 37.5 Å². The predicted molar refractivity (Wildman–Crippen MR) is 81.8 cm³/mol. The number of ether oxygens (including phenoxy) is 1. The van der Waals surface area contributed by atoms with E-state index in [-0.39, 0.29) is 0 Å². The lowest BCUT2D eigenvalue weighted by molar-refractivity contribution is -0.0303. The minimum atomic E-state index is 0.322. The number of benzene rings is 1. The Morgan fingerprint density at radius 1 is 1.28 bits per heavy atom. The van der Waals surface area contributed by atoms with Crippen molar-refractivity contribution < 1.29 is 4.74 Å². The number of hydrogen-bond acceptors (Lipinski definition) is 1. The fourth-order valence-corrected chi connectivity index (χ4v) is 5.07. The molecule has 3 rings (SSSR count). The molecule has 0 amide bonds. The maximum absolute atomic E-state index is 6.22. The van der Waals surface area contributed by atoms with E-state index in [1.165, 1.54) is 25.7 Å². The zero-order valence-corrected chi connectivity index (χ0v) is 13.9. The van der Waals surface area contributed by atoms with Crippen LogP contribution in [0.25, 0.3) is 0 Å². The van der Waals surface area contributed by atoms with Crippen LogP contribution in [0.5, 0.6) is 5.75 Å². The molecule has 2 atom stereocenters. The summed E-state index contributed by atoms with van der Waals surface area (Å²) in [5.74, 6) is 0.815. The predicted octanol–water partition coefficient (Wildman–Crippen LogP) is 5.58. The lowest BCUT2D eigenvalue weighted by Crippen LogP contribution is -2.55. The van der Waals surface area contributed by atoms with Crippen LogP contribution in [0, 0.1) is 5.41 Å². The summed E-state index contributed by atoms with van der Waals surface area (Å²) in [5.41, 5.74) is 0.358. The molecule has 18 heavy (non-hydrogen) atoms. The molecule has 2 fully saturated rings. The maximum atomic E-state index is 6.22. The van der Waals surface area contributed by atoms with Gasteiger partial charge in [-0.1, -0.05) is 56.3 Å². The molecule has 0 radical (unpaired) electrons. The van der Waals surface area contributed by atoms with Crippen molar-refractivity contribution in [3.8, 4) is 5.75 Å². The molecule has 1 spiro atoms. The Labute approximate surface area is 129 Å². The minimum absolute atomic E-state index is 0.322. The Kier molecular flexibility index (Phi) is 3.68. The van der Waals surface area contributed by atoms with Crippen molar-refractivity contribution in [1.82, 2.24) is 0 Å². The van der Waals surface area contributed by atoms with E-state index in [1.54, 1.807) is 0 Å². The standard InChI is InChI=1S/C14H15Br2ClO/c15-9-3-4-11(10(17)7-9)18-13-8-12(16)14(13)5-1-2-6-14/h3-4,7,12-13H,1-2,5-6,8H2. The first kappa shape index (κ1) is 13.3. The van der Waals surface area contributed by atoms with Crippen LogP contribution >= 0.6 is 43.5 Å². The molecule has 0 aliphatic heterocycles. The van der Waals surface area contributed by atoms with Crippen LogP contribution in [0.1, 0.15) is 32.1 Å². The Balaban J connectivity index is 1.77. The van der Waals surface area contributed by atoms with E-state index < -0.39 is 0 Å². The summed E-state index contributed by atoms with van der Waals surface area (Å²) in [6.07, 6.45) is 6.63. The molecule has 0 aromatic heterocycles. The Morgan fingerprint density at radius 3 is 2.61 bits per heavy atom. The minimum Gasteiger partial charge on any atom is -0.488 e. The fourth-order valence-electron chi connectivity index (χ4n) is 3.26. The summed E-state index contributed by atoms with van der Waals surface area (Å²) in [6.45, 7) is 0. The summed E-state index contributed by atoms with van der Waals surface area (Å²) < 4.78 is 7.15. The van der Waals surface area contributed by atoms with Crippen molar-refractivity contribution in [3.63, 3.8) is 0 Å². The smallest absolute Gasteiger partial charge is 0.138 e. The molecule has 0 bridgehead atoms. The highest BCUT2D eigenvalue weighted by molar-refractivity contribution is 9.10. The van der Waals surface area contributed by atoms with Gasteiger partial charge in [0.05, 0.1) is 5.02 Å². The highest BCUT2D eigenvalue weighted by Crippen LogP contribution is 2.58. The first-order chi connectivity index (χ1) is 8.62. The monoisotopic (exact) mass is 392 g/mol. The third-order valence-electron chi connectivity index (χ3n) is 4.38. The van der Waals surface area contributed by atoms with Crippen LogP contribution in [-0.2, 0) is 0 Å². The van der Waals surface area contributed by atoms with Gasteiger partial charge in [0.2, 0.25) is 0 Å². The molecule has 0 saturated heterocycles. The van der Waals surface area contributed by atoms with Crippen LogP contribution in [0.2, 0.25) is 5.02 Å². The van der Waals surface area contributed by atoms with Crippen molar-refractivity contribution in [3.05, 3.63) is 27.7 Å². The lowest BCUT2D eigenvalue weighted by Gasteiger charge is -2.51. The van der Waals surface area contributed by atoms with Crippen molar-refractivity contribution in [2.24, 2.45) is 5.41 Å². The second-order valence-electron chi connectivity index (χ2n) is 5.32. The van der Waals surface area contributed by atoms with Gasteiger partial charge in [0.15, 0.2) is 0 Å². The molecule has 2 saturated carbocycles. The molecular weight excluding hydrogens is 379 g/mol. The normalized spacial score (nSPS) is 29.3. The molecular formula is C14H15Br2ClO. The molecule has 2 unspecified atom stereocenters. The average Bonchev–Trinajstić information content (AvgIpc) is 2.83. The van der Waals surface area contributed by atoms with E-state index in [0.717, 1.165) is 16.6 Å². The van der Waals surface area contributed by atoms with E-state index in [2.05, 4.69) is 31.9 Å². The van der Waals surface area contributed by atoms with Crippen molar-refractivity contribution in [2.75, 3.05) is 0 Å². The fraction of sp³-hybridized carbons (Fsp3) is 0.571. The second-order valence-corrected chi connectivity index (χ2v) is 7.75. The van der Waals surface area contributed by atoms with Gasteiger partial charge in [0, 0.05) is 14.7 Å². The largest absolute Gasteiger partial charge is 0.488 e. The van der Waals surface area contributed by atoms with Gasteiger partial charge in [-0.15, -0.1) is 0 Å². The number of hydrogen-bond donors (Lipinski definition) is 0. The molecule has 98 valence electrons. The molecule has 1 aromatic rings. The summed E-state index contributed by atoms with van der Waals surface area (Å²) >= 11 is 13.4. The lowest BCUT2D eigenvalue weighted by atomic mass is 9.64. The third-order valence-corrected chi connectivity index (χ3v) is 6.46. The van der Waals surface area contributed by atoms with Gasteiger partial charge < -0.3 is 4.74 Å². The van der Waals surface area contributed by atoms with Crippen LogP contribution in [0.3, 0.4) is 0 Å². The molecule has 0 N–H and O–H groups in total. The van der Waals surface area contributed by atoms with Gasteiger partial charge in [-0.3, -0.25) is 0 Å². The van der Waals surface area contributed by atoms with Gasteiger partial charge in [-0.25, -0.2) is 0 Å². The van der Waals surface area contributed by atoms with Crippen molar-refractivity contribution in [2.45, 2.75) is 43.0 Å². The van der Waals surface area contributed by atoms with E-state index >= 15 is 0 Å². The Hall–Kier alpha value is 0.270. The summed E-state index contributed by atoms with van der Waals surface area (Å²) in [5, 5.41) is 0.690. The Morgan fingerprint density at radius 2 is 2.00 bits per heavy atom. The third kappa shape index (κ3) is 2.12. The SMILES string of the molecule is Clc1cc(Br)ccc1OC1CC(Br)C12CCCC2. The van der Waals surface area contributed by atoms with Gasteiger partial charge >= 0.3 is 0 Å². The van der Waals surface area contributed by atoms with E-state index in [0.29, 0.717) is 21.4 Å². The highest BCUT2D eigenvalue weighted by atomic mass is 79.9. The second kappa shape index (κ2) is 4.99. The van der Waals surface area contributed by atoms with Crippen LogP contribution in [-0.4, -0.2) is 10.9 Å². The quantitative estimate of drug-likeness (QED) is 0.595. The van der Waals surface area contributed by atoms with Gasteiger partial charge in [0.1, 0.15) is 11.9 Å². The van der Waals surface area contributed by atoms with Crippen LogP contribution in [0.4, 0.5) is 0 Å². The number of alkyl halides is 1. The molecule has 2 aliphatic carbocycles. The topological polar surface area (TPSA) is 9.23 Å². The Bertz CT molecular complexity index is 457. The first-order valence-electron chi connectivity index (χ1n) is 6.37. The van der Waals surface area contributed by atoms with E-state index in [4.69, 9.17) is 16.3 Å². The zero-order chi connectivity index (χ0) is 12.8. The van der Waals surface area contributed by atoms with Crippen LogP contribution < -0.4 is 4.74 Å². The van der Waals surface area contributed by atoms with E-state index in [9.17, 15) is 0 Å². The molecule has 1 nitrogen and oxygen atoms in total. The molecule has 1 aromatic carbocycles. The summed E-state index contributed by atoms with van der Waals surface area (Å²) in [4.78, 5) is 0.617. The first-order valence-corrected chi connectivity index (χ1v) is 8.46. The molecule has 4 heteroatoms. The number of halogens is 3. The molecule has 0 heterocycles. The van der Waals surface area contributed by atoms with E-state index in [1.807, 2.05) is 18.2 Å². The molecule has 2 aliphatic rings. The maximum Gasteiger partial charge on any atom is 0.138 e. The number of rotatable bonds is 2.